The fourth-order valence-electron chi connectivity index (χ4n) is 7.74. The number of carbonyl (C=O) groups excluding carboxylic acids is 4. The van der Waals surface area contributed by atoms with Gasteiger partial charge in [-0.2, -0.15) is 0 Å². The van der Waals surface area contributed by atoms with E-state index in [1.807, 2.05) is 27.8 Å². The summed E-state index contributed by atoms with van der Waals surface area (Å²) in [4.78, 5) is 58.7. The van der Waals surface area contributed by atoms with Gasteiger partial charge in [0.2, 0.25) is 23.6 Å². The number of ether oxygens (including phenoxy) is 2. The number of fused-ring (bicyclic) bond motifs is 2. The minimum Gasteiger partial charge on any atom is -0.394 e. The van der Waals surface area contributed by atoms with Crippen LogP contribution in [-0.4, -0.2) is 134 Å². The molecule has 290 valence electrons. The van der Waals surface area contributed by atoms with Crippen LogP contribution in [0.15, 0.2) is 12.7 Å². The van der Waals surface area contributed by atoms with Gasteiger partial charge in [-0.1, -0.05) is 53.5 Å². The highest BCUT2D eigenvalue weighted by atomic mass is 16.5. The number of allylic oxidation sites excluding steroid dienone is 1. The first-order valence-corrected chi connectivity index (χ1v) is 18.8. The Morgan fingerprint density at radius 2 is 1.68 bits per heavy atom. The molecule has 0 aromatic rings. The lowest BCUT2D eigenvalue weighted by Crippen LogP contribution is -2.55. The molecule has 0 aromatic carbocycles. The summed E-state index contributed by atoms with van der Waals surface area (Å²) in [5, 5.41) is 15.0. The molecule has 12 nitrogen and oxygen atoms in total. The molecule has 3 rings (SSSR count). The number of aliphatic hydroxyl groups is 1. The molecule has 2 saturated heterocycles. The number of nitrogens with zero attached hydrogens (tertiary/aromatic N) is 3. The summed E-state index contributed by atoms with van der Waals surface area (Å²) in [7, 11) is 6.83. The third kappa shape index (κ3) is 12.3. The number of methoxy groups -OCH3 is 2. The van der Waals surface area contributed by atoms with Gasteiger partial charge in [-0.15, -0.1) is 6.58 Å². The second kappa shape index (κ2) is 23.1. The zero-order valence-electron chi connectivity index (χ0n) is 33.1. The zero-order chi connectivity index (χ0) is 38.1. The Morgan fingerprint density at radius 3 is 2.18 bits per heavy atom. The van der Waals surface area contributed by atoms with Gasteiger partial charge in [0.1, 0.15) is 0 Å². The lowest BCUT2D eigenvalue weighted by Gasteiger charge is -2.39. The highest BCUT2D eigenvalue weighted by Gasteiger charge is 2.47. The lowest BCUT2D eigenvalue weighted by molar-refractivity contribution is -0.146. The van der Waals surface area contributed by atoms with Crippen molar-refractivity contribution in [2.45, 2.75) is 142 Å². The van der Waals surface area contributed by atoms with E-state index in [9.17, 15) is 24.3 Å². The number of aliphatic hydroxyl groups excluding tert-OH is 1. The Bertz CT molecular complexity index is 1060. The standard InChI is InChI=1S/C32H57N5O7.C3H8.C3H6/c1-9-19(2)28(36(6)27(40)17-33-32(42)29-22-12-13-23(15-22)35(29)5)25(43-7)16-26(39)37-14-10-11-24(37)30(44-8)21(4)31(41)34-20(3)18-38;2*1-3-2/h19-25,28-30,38H,9-18H2,1-8H3,(H,33,42)(H,34,41);3H2,1-2H3;3H,1H2,2H3/t19?,20-,21?,22?,23?,24?,25?,28?,29?,30?;;/m0../s1. The van der Waals surface area contributed by atoms with Gasteiger partial charge < -0.3 is 35.0 Å². The van der Waals surface area contributed by atoms with Crippen molar-refractivity contribution in [3.63, 3.8) is 0 Å². The summed E-state index contributed by atoms with van der Waals surface area (Å²) in [5.41, 5.74) is 0. The van der Waals surface area contributed by atoms with Gasteiger partial charge in [0.15, 0.2) is 0 Å². The van der Waals surface area contributed by atoms with Crippen LogP contribution in [0.3, 0.4) is 0 Å². The minimum absolute atomic E-state index is 0.0347. The Balaban J connectivity index is 0.00000194. The normalized spacial score (nSPS) is 24.7. The Labute approximate surface area is 303 Å². The predicted molar refractivity (Wildman–Crippen MR) is 198 cm³/mol. The maximum Gasteiger partial charge on any atom is 0.242 e. The lowest BCUT2D eigenvalue weighted by atomic mass is 9.90. The molecule has 3 N–H and O–H groups in total. The molecule has 0 radical (unpaired) electrons. The first-order chi connectivity index (χ1) is 23.7. The van der Waals surface area contributed by atoms with Crippen LogP contribution in [-0.2, 0) is 28.7 Å². The number of nitrogens with one attached hydrogen (secondary N) is 2. The first-order valence-electron chi connectivity index (χ1n) is 18.8. The van der Waals surface area contributed by atoms with E-state index in [1.54, 1.807) is 51.0 Å². The molecule has 1 saturated carbocycles. The number of rotatable bonds is 16. The van der Waals surface area contributed by atoms with Crippen LogP contribution in [0.25, 0.3) is 0 Å². The summed E-state index contributed by atoms with van der Waals surface area (Å²) in [6, 6.07) is -0.773. The van der Waals surface area contributed by atoms with Crippen molar-refractivity contribution in [1.29, 1.82) is 0 Å². The number of hydrogen-bond donors (Lipinski definition) is 3. The SMILES string of the molecule is C=CC.CCC.CCC(C)C(C(CC(=O)N1CCCC1C(OC)C(C)C(=O)N[C@@H](C)CO)OC)N(C)C(=O)CNC(=O)C1C2CCC(C2)N1C. The summed E-state index contributed by atoms with van der Waals surface area (Å²) >= 11 is 0. The minimum atomic E-state index is -0.563. The second-order valence-corrected chi connectivity index (χ2v) is 14.4. The highest BCUT2D eigenvalue weighted by Crippen LogP contribution is 2.41. The fraction of sp³-hybridized carbons (Fsp3) is 0.842. The van der Waals surface area contributed by atoms with Gasteiger partial charge in [-0.05, 0) is 64.8 Å². The zero-order valence-corrected chi connectivity index (χ0v) is 33.1. The second-order valence-electron chi connectivity index (χ2n) is 14.4. The van der Waals surface area contributed by atoms with Crippen LogP contribution in [0.1, 0.15) is 99.8 Å². The van der Waals surface area contributed by atoms with Gasteiger partial charge >= 0.3 is 0 Å². The maximum atomic E-state index is 13.8. The molecule has 1 aliphatic carbocycles. The van der Waals surface area contributed by atoms with Crippen molar-refractivity contribution in [3.8, 4) is 0 Å². The molecule has 50 heavy (non-hydrogen) atoms. The average molecular weight is 710 g/mol. The van der Waals surface area contributed by atoms with Crippen molar-refractivity contribution >= 4 is 23.6 Å². The molecule has 3 fully saturated rings. The molecule has 9 unspecified atom stereocenters. The maximum absolute atomic E-state index is 13.8. The van der Waals surface area contributed by atoms with E-state index >= 15 is 0 Å². The van der Waals surface area contributed by atoms with Crippen molar-refractivity contribution in [2.75, 3.05) is 48.0 Å². The van der Waals surface area contributed by atoms with Gasteiger partial charge in [0.25, 0.3) is 0 Å². The van der Waals surface area contributed by atoms with Crippen LogP contribution in [0.5, 0.6) is 0 Å². The summed E-state index contributed by atoms with van der Waals surface area (Å²) in [6.07, 6.45) is 7.49. The molecule has 2 aliphatic heterocycles. The van der Waals surface area contributed by atoms with Crippen LogP contribution < -0.4 is 10.6 Å². The Kier molecular flexibility index (Phi) is 21.0. The fourth-order valence-corrected chi connectivity index (χ4v) is 7.74. The van der Waals surface area contributed by atoms with E-state index < -0.39 is 18.1 Å². The smallest absolute Gasteiger partial charge is 0.242 e. The Morgan fingerprint density at radius 1 is 1.06 bits per heavy atom. The van der Waals surface area contributed by atoms with E-state index in [2.05, 4.69) is 36.0 Å². The molecule has 0 spiro atoms. The molecule has 10 atom stereocenters. The third-order valence-corrected chi connectivity index (χ3v) is 10.6. The number of piperidine rings is 1. The molecule has 2 bridgehead atoms. The molecule has 12 heteroatoms. The van der Waals surface area contributed by atoms with Crippen LogP contribution >= 0.6 is 0 Å². The van der Waals surface area contributed by atoms with Crippen LogP contribution in [0.2, 0.25) is 0 Å². The summed E-state index contributed by atoms with van der Waals surface area (Å²) < 4.78 is 11.7. The molecular formula is C38H71N5O7. The highest BCUT2D eigenvalue weighted by molar-refractivity contribution is 5.88. The van der Waals surface area contributed by atoms with Gasteiger partial charge in [-0.3, -0.25) is 24.1 Å². The van der Waals surface area contributed by atoms with E-state index in [-0.39, 0.29) is 73.3 Å². The first kappa shape index (κ1) is 45.5. The largest absolute Gasteiger partial charge is 0.394 e. The van der Waals surface area contributed by atoms with Crippen molar-refractivity contribution in [2.24, 2.45) is 17.8 Å². The van der Waals surface area contributed by atoms with E-state index in [0.29, 0.717) is 24.9 Å². The quantitative estimate of drug-likeness (QED) is 0.207. The number of hydrogen-bond acceptors (Lipinski definition) is 8. The number of carbonyl (C=O) groups is 4. The van der Waals surface area contributed by atoms with Crippen LogP contribution in [0, 0.1) is 17.8 Å². The average Bonchev–Trinajstić information content (AvgIpc) is 3.84. The third-order valence-electron chi connectivity index (χ3n) is 10.6. The van der Waals surface area contributed by atoms with Gasteiger partial charge in [-0.25, -0.2) is 0 Å². The van der Waals surface area contributed by atoms with Crippen molar-refractivity contribution in [3.05, 3.63) is 12.7 Å². The number of likely N-dealkylation sites (N-methyl/N-ethyl adjacent to an activating group) is 2. The molecule has 2 heterocycles. The van der Waals surface area contributed by atoms with Crippen LogP contribution in [0.4, 0.5) is 0 Å². The number of amides is 4. The monoisotopic (exact) mass is 710 g/mol. The van der Waals surface area contributed by atoms with Crippen molar-refractivity contribution < 1.29 is 33.8 Å². The molecule has 4 amide bonds. The van der Waals surface area contributed by atoms with E-state index in [4.69, 9.17) is 9.47 Å². The molecule has 3 aliphatic rings. The van der Waals surface area contributed by atoms with E-state index in [0.717, 1.165) is 32.1 Å². The molecule has 0 aromatic heterocycles. The van der Waals surface area contributed by atoms with E-state index in [1.165, 1.54) is 6.42 Å². The summed E-state index contributed by atoms with van der Waals surface area (Å²) in [6.45, 7) is 17.4. The number of likely N-dealkylation sites (tertiary alicyclic amines) is 2. The van der Waals surface area contributed by atoms with Gasteiger partial charge in [0, 0.05) is 39.9 Å². The Hall–Kier alpha value is -2.54. The predicted octanol–water partition coefficient (Wildman–Crippen LogP) is 3.61. The summed E-state index contributed by atoms with van der Waals surface area (Å²) in [5.74, 6) is -0.809. The van der Waals surface area contributed by atoms with Gasteiger partial charge in [0.05, 0.1) is 55.8 Å². The molecular weight excluding hydrogens is 638 g/mol. The van der Waals surface area contributed by atoms with Crippen molar-refractivity contribution in [1.82, 2.24) is 25.3 Å². The topological polar surface area (TPSA) is 141 Å².